The van der Waals surface area contributed by atoms with E-state index < -0.39 is 6.10 Å². The largest absolute Gasteiger partial charge is 0.394 e. The number of piperidine rings is 1. The zero-order valence-electron chi connectivity index (χ0n) is 12.2. The van der Waals surface area contributed by atoms with Gasteiger partial charge in [-0.25, -0.2) is 0 Å². The summed E-state index contributed by atoms with van der Waals surface area (Å²) in [6, 6.07) is 8.10. The van der Waals surface area contributed by atoms with Crippen molar-refractivity contribution in [2.45, 2.75) is 38.4 Å². The van der Waals surface area contributed by atoms with Crippen molar-refractivity contribution in [3.8, 4) is 0 Å². The lowest BCUT2D eigenvalue weighted by Gasteiger charge is -2.35. The minimum Gasteiger partial charge on any atom is -0.394 e. The number of aliphatic hydroxyl groups is 2. The standard InChI is InChI=1S/C16H25NO3/c1-2-16(19)14-5-3-4-6-15(14)17-9-7-13(8-10-17)20-12-11-18/h3-6,13,16,18-19H,2,7-12H2,1H3. The second kappa shape index (κ2) is 7.62. The van der Waals surface area contributed by atoms with E-state index >= 15 is 0 Å². The summed E-state index contributed by atoms with van der Waals surface area (Å²) in [6.07, 6.45) is 2.52. The van der Waals surface area contributed by atoms with Gasteiger partial charge in [-0.3, -0.25) is 0 Å². The number of anilines is 1. The number of benzene rings is 1. The van der Waals surface area contributed by atoms with Crippen LogP contribution in [0.1, 0.15) is 37.9 Å². The molecule has 1 unspecified atom stereocenters. The number of hydrogen-bond donors (Lipinski definition) is 2. The monoisotopic (exact) mass is 279 g/mol. The molecule has 1 aromatic carbocycles. The van der Waals surface area contributed by atoms with Gasteiger partial charge >= 0.3 is 0 Å². The van der Waals surface area contributed by atoms with E-state index in [2.05, 4.69) is 11.0 Å². The molecule has 4 heteroatoms. The maximum atomic E-state index is 10.1. The van der Waals surface area contributed by atoms with Gasteiger partial charge in [0.1, 0.15) is 0 Å². The molecule has 1 atom stereocenters. The molecule has 0 bridgehead atoms. The highest BCUT2D eigenvalue weighted by Crippen LogP contribution is 2.30. The van der Waals surface area contributed by atoms with Crippen LogP contribution < -0.4 is 4.90 Å². The minimum absolute atomic E-state index is 0.0890. The molecule has 1 aliphatic heterocycles. The van der Waals surface area contributed by atoms with Crippen molar-refractivity contribution >= 4 is 5.69 Å². The van der Waals surface area contributed by atoms with E-state index in [1.54, 1.807) is 0 Å². The summed E-state index contributed by atoms with van der Waals surface area (Å²) >= 11 is 0. The quantitative estimate of drug-likeness (QED) is 0.837. The van der Waals surface area contributed by atoms with Crippen molar-refractivity contribution in [1.82, 2.24) is 0 Å². The van der Waals surface area contributed by atoms with Crippen LogP contribution in [0, 0.1) is 0 Å². The van der Waals surface area contributed by atoms with Crippen LogP contribution in [0.5, 0.6) is 0 Å². The van der Waals surface area contributed by atoms with Crippen LogP contribution in [0.2, 0.25) is 0 Å². The third-order valence-electron chi connectivity index (χ3n) is 3.91. The van der Waals surface area contributed by atoms with E-state index in [4.69, 9.17) is 9.84 Å². The minimum atomic E-state index is -0.394. The number of aliphatic hydroxyl groups excluding tert-OH is 2. The van der Waals surface area contributed by atoms with Gasteiger partial charge in [-0.05, 0) is 25.3 Å². The lowest BCUT2D eigenvalue weighted by atomic mass is 10.0. The van der Waals surface area contributed by atoms with E-state index in [9.17, 15) is 5.11 Å². The molecule has 1 aliphatic rings. The Bertz CT molecular complexity index is 402. The first-order chi connectivity index (χ1) is 9.76. The number of nitrogens with zero attached hydrogens (tertiary/aromatic N) is 1. The first kappa shape index (κ1) is 15.3. The van der Waals surface area contributed by atoms with Crippen molar-refractivity contribution < 1.29 is 14.9 Å². The van der Waals surface area contributed by atoms with Crippen molar-refractivity contribution in [2.75, 3.05) is 31.2 Å². The SMILES string of the molecule is CCC(O)c1ccccc1N1CCC(OCCO)CC1. The molecule has 1 fully saturated rings. The van der Waals surface area contributed by atoms with Crippen LogP contribution in [0.25, 0.3) is 0 Å². The molecule has 112 valence electrons. The van der Waals surface area contributed by atoms with Gasteiger partial charge in [-0.1, -0.05) is 25.1 Å². The number of para-hydroxylation sites is 1. The van der Waals surface area contributed by atoms with Gasteiger partial charge in [0.15, 0.2) is 0 Å². The van der Waals surface area contributed by atoms with Gasteiger partial charge in [0.05, 0.1) is 25.4 Å². The second-order valence-electron chi connectivity index (χ2n) is 5.26. The lowest BCUT2D eigenvalue weighted by molar-refractivity contribution is 0.0158. The molecule has 0 saturated carbocycles. The molecule has 2 rings (SSSR count). The summed E-state index contributed by atoms with van der Waals surface area (Å²) in [7, 11) is 0. The van der Waals surface area contributed by atoms with Crippen LogP contribution in [0.4, 0.5) is 5.69 Å². The normalized spacial score (nSPS) is 18.2. The first-order valence-corrected chi connectivity index (χ1v) is 7.50. The Morgan fingerprint density at radius 2 is 2.00 bits per heavy atom. The topological polar surface area (TPSA) is 52.9 Å². The highest BCUT2D eigenvalue weighted by atomic mass is 16.5. The molecule has 1 saturated heterocycles. The summed E-state index contributed by atoms with van der Waals surface area (Å²) in [5, 5.41) is 18.9. The molecule has 0 aromatic heterocycles. The lowest BCUT2D eigenvalue weighted by Crippen LogP contribution is -2.38. The fourth-order valence-electron chi connectivity index (χ4n) is 2.76. The van der Waals surface area contributed by atoms with Gasteiger partial charge in [0.2, 0.25) is 0 Å². The highest BCUT2D eigenvalue weighted by Gasteiger charge is 2.22. The summed E-state index contributed by atoms with van der Waals surface area (Å²) in [5.41, 5.74) is 2.16. The third kappa shape index (κ3) is 3.72. The van der Waals surface area contributed by atoms with E-state index in [1.165, 1.54) is 0 Å². The molecule has 4 nitrogen and oxygen atoms in total. The fourth-order valence-corrected chi connectivity index (χ4v) is 2.76. The van der Waals surface area contributed by atoms with Crippen molar-refractivity contribution in [3.63, 3.8) is 0 Å². The second-order valence-corrected chi connectivity index (χ2v) is 5.26. The van der Waals surface area contributed by atoms with Crippen molar-refractivity contribution in [3.05, 3.63) is 29.8 Å². The Labute approximate surface area is 121 Å². The molecule has 0 spiro atoms. The molecular weight excluding hydrogens is 254 g/mol. The van der Waals surface area contributed by atoms with Gasteiger partial charge in [0.25, 0.3) is 0 Å². The first-order valence-electron chi connectivity index (χ1n) is 7.50. The van der Waals surface area contributed by atoms with Crippen LogP contribution >= 0.6 is 0 Å². The molecule has 0 radical (unpaired) electrons. The molecule has 0 amide bonds. The van der Waals surface area contributed by atoms with Gasteiger partial charge in [-0.2, -0.15) is 0 Å². The predicted molar refractivity (Wildman–Crippen MR) is 80.0 cm³/mol. The van der Waals surface area contributed by atoms with Gasteiger partial charge in [0, 0.05) is 24.3 Å². The van der Waals surface area contributed by atoms with Crippen LogP contribution in [-0.4, -0.2) is 42.6 Å². The number of hydrogen-bond acceptors (Lipinski definition) is 4. The summed E-state index contributed by atoms with van der Waals surface area (Å²) in [6.45, 7) is 4.38. The molecule has 0 aliphatic carbocycles. The zero-order valence-corrected chi connectivity index (χ0v) is 12.2. The summed E-state index contributed by atoms with van der Waals surface area (Å²) in [4.78, 5) is 2.33. The van der Waals surface area contributed by atoms with E-state index in [0.29, 0.717) is 6.61 Å². The van der Waals surface area contributed by atoms with Crippen LogP contribution in [-0.2, 0) is 4.74 Å². The molecule has 20 heavy (non-hydrogen) atoms. The third-order valence-corrected chi connectivity index (χ3v) is 3.91. The van der Waals surface area contributed by atoms with E-state index in [-0.39, 0.29) is 12.7 Å². The zero-order chi connectivity index (χ0) is 14.4. The maximum absolute atomic E-state index is 10.1. The van der Waals surface area contributed by atoms with Crippen LogP contribution in [0.15, 0.2) is 24.3 Å². The number of rotatable bonds is 6. The Kier molecular flexibility index (Phi) is 5.83. The Hall–Kier alpha value is -1.10. The Balaban J connectivity index is 2.00. The smallest absolute Gasteiger partial charge is 0.0807 e. The maximum Gasteiger partial charge on any atom is 0.0807 e. The predicted octanol–water partition coefficient (Wildman–Crippen LogP) is 2.11. The average molecular weight is 279 g/mol. The Morgan fingerprint density at radius 3 is 2.65 bits per heavy atom. The summed E-state index contributed by atoms with van der Waals surface area (Å²) in [5.74, 6) is 0. The van der Waals surface area contributed by atoms with Crippen molar-refractivity contribution in [2.24, 2.45) is 0 Å². The molecular formula is C16H25NO3. The molecule has 2 N–H and O–H groups in total. The highest BCUT2D eigenvalue weighted by molar-refractivity contribution is 5.55. The van der Waals surface area contributed by atoms with E-state index in [1.807, 2.05) is 25.1 Å². The van der Waals surface area contributed by atoms with Crippen molar-refractivity contribution in [1.29, 1.82) is 0 Å². The van der Waals surface area contributed by atoms with Gasteiger partial charge < -0.3 is 19.8 Å². The number of ether oxygens (including phenoxy) is 1. The van der Waals surface area contributed by atoms with E-state index in [0.717, 1.165) is 43.6 Å². The van der Waals surface area contributed by atoms with Crippen LogP contribution in [0.3, 0.4) is 0 Å². The molecule has 1 heterocycles. The fraction of sp³-hybridized carbons (Fsp3) is 0.625. The van der Waals surface area contributed by atoms with Gasteiger partial charge in [-0.15, -0.1) is 0 Å². The molecule has 1 aromatic rings. The Morgan fingerprint density at radius 1 is 1.30 bits per heavy atom. The average Bonchev–Trinajstić information content (AvgIpc) is 2.52. The summed E-state index contributed by atoms with van der Waals surface area (Å²) < 4.78 is 5.59.